The summed E-state index contributed by atoms with van der Waals surface area (Å²) in [7, 11) is 0. The Labute approximate surface area is 60.7 Å². The molecule has 0 aliphatic heterocycles. The summed E-state index contributed by atoms with van der Waals surface area (Å²) in [5.74, 6) is -0.221. The number of rotatable bonds is 2. The Morgan fingerprint density at radius 2 is 1.90 bits per heavy atom. The summed E-state index contributed by atoms with van der Waals surface area (Å²) in [5, 5.41) is 0. The van der Waals surface area contributed by atoms with Gasteiger partial charge in [0.25, 0.3) is 0 Å². The molecule has 1 radical (unpaired) electrons. The minimum Gasteiger partial charge on any atom is -0.303 e. The lowest BCUT2D eigenvalue weighted by molar-refractivity contribution is -0.108. The van der Waals surface area contributed by atoms with E-state index in [0.717, 1.165) is 11.8 Å². The maximum Gasteiger partial charge on any atom is 0.127 e. The zero-order chi connectivity index (χ0) is 7.40. The standard InChI is InChI=1S/C9H9O/c1-8(7-10)9-5-3-2-4-6-9/h2-8H,1H2. The first-order chi connectivity index (χ1) is 4.84. The van der Waals surface area contributed by atoms with E-state index in [0.29, 0.717) is 0 Å². The van der Waals surface area contributed by atoms with Gasteiger partial charge >= 0.3 is 0 Å². The van der Waals surface area contributed by atoms with Crippen molar-refractivity contribution in [2.45, 2.75) is 5.92 Å². The Hall–Kier alpha value is -1.11. The van der Waals surface area contributed by atoms with Crippen LogP contribution in [0.1, 0.15) is 11.5 Å². The van der Waals surface area contributed by atoms with E-state index < -0.39 is 0 Å². The van der Waals surface area contributed by atoms with Crippen LogP contribution in [0.4, 0.5) is 0 Å². The lowest BCUT2D eigenvalue weighted by atomic mass is 10.0. The molecule has 0 bridgehead atoms. The fourth-order valence-corrected chi connectivity index (χ4v) is 0.779. The molecule has 0 aliphatic carbocycles. The smallest absolute Gasteiger partial charge is 0.127 e. The molecule has 1 aromatic rings. The van der Waals surface area contributed by atoms with Gasteiger partial charge in [-0.05, 0) is 12.5 Å². The second kappa shape index (κ2) is 3.16. The third-order valence-electron chi connectivity index (χ3n) is 1.39. The van der Waals surface area contributed by atoms with E-state index in [1.807, 2.05) is 30.3 Å². The molecule has 0 saturated carbocycles. The first-order valence-corrected chi connectivity index (χ1v) is 3.18. The van der Waals surface area contributed by atoms with Gasteiger partial charge in [-0.2, -0.15) is 0 Å². The summed E-state index contributed by atoms with van der Waals surface area (Å²) in [6, 6.07) is 9.51. The summed E-state index contributed by atoms with van der Waals surface area (Å²) < 4.78 is 0. The number of aldehydes is 1. The summed E-state index contributed by atoms with van der Waals surface area (Å²) in [5.41, 5.74) is 0.970. The Balaban J connectivity index is 2.84. The van der Waals surface area contributed by atoms with Gasteiger partial charge in [0.15, 0.2) is 0 Å². The Morgan fingerprint density at radius 3 is 2.40 bits per heavy atom. The van der Waals surface area contributed by atoms with Gasteiger partial charge in [0.05, 0.1) is 0 Å². The molecule has 0 aliphatic rings. The van der Waals surface area contributed by atoms with E-state index >= 15 is 0 Å². The highest BCUT2D eigenvalue weighted by Gasteiger charge is 1.99. The zero-order valence-corrected chi connectivity index (χ0v) is 5.66. The van der Waals surface area contributed by atoms with Crippen LogP contribution < -0.4 is 0 Å². The molecule has 0 spiro atoms. The number of carbonyl (C=O) groups is 1. The SMILES string of the molecule is [CH2]C(C=O)c1ccccc1. The lowest BCUT2D eigenvalue weighted by Gasteiger charge is -2.00. The van der Waals surface area contributed by atoms with Gasteiger partial charge in [0.2, 0.25) is 0 Å². The van der Waals surface area contributed by atoms with Crippen molar-refractivity contribution in [1.29, 1.82) is 0 Å². The molecule has 0 aromatic heterocycles. The molecule has 10 heavy (non-hydrogen) atoms. The van der Waals surface area contributed by atoms with E-state index in [1.165, 1.54) is 0 Å². The first kappa shape index (κ1) is 7.00. The monoisotopic (exact) mass is 133 g/mol. The predicted octanol–water partition coefficient (Wildman–Crippen LogP) is 1.80. The van der Waals surface area contributed by atoms with Crippen LogP contribution in [0.15, 0.2) is 30.3 Å². The zero-order valence-electron chi connectivity index (χ0n) is 5.66. The molecule has 1 aromatic carbocycles. The first-order valence-electron chi connectivity index (χ1n) is 3.18. The topological polar surface area (TPSA) is 17.1 Å². The minimum atomic E-state index is -0.221. The molecule has 0 amide bonds. The fraction of sp³-hybridized carbons (Fsp3) is 0.111. The summed E-state index contributed by atoms with van der Waals surface area (Å²) in [6.07, 6.45) is 0.843. The molecule has 1 nitrogen and oxygen atoms in total. The highest BCUT2D eigenvalue weighted by atomic mass is 16.1. The van der Waals surface area contributed by atoms with Crippen LogP contribution in [0.5, 0.6) is 0 Å². The molecule has 0 fully saturated rings. The van der Waals surface area contributed by atoms with Gasteiger partial charge in [-0.25, -0.2) is 0 Å². The molecular formula is C9H9O. The van der Waals surface area contributed by atoms with Crippen molar-refractivity contribution < 1.29 is 4.79 Å². The maximum absolute atomic E-state index is 10.2. The molecule has 51 valence electrons. The molecular weight excluding hydrogens is 124 g/mol. The summed E-state index contributed by atoms with van der Waals surface area (Å²) in [4.78, 5) is 10.2. The van der Waals surface area contributed by atoms with Gasteiger partial charge in [-0.15, -0.1) is 0 Å². The number of carbonyl (C=O) groups excluding carboxylic acids is 1. The van der Waals surface area contributed by atoms with Crippen molar-refractivity contribution in [3.63, 3.8) is 0 Å². The van der Waals surface area contributed by atoms with Crippen LogP contribution in [0.3, 0.4) is 0 Å². The second-order valence-electron chi connectivity index (χ2n) is 2.15. The van der Waals surface area contributed by atoms with E-state index in [2.05, 4.69) is 6.92 Å². The largest absolute Gasteiger partial charge is 0.303 e. The maximum atomic E-state index is 10.2. The molecule has 0 heterocycles. The predicted molar refractivity (Wildman–Crippen MR) is 40.6 cm³/mol. The quantitative estimate of drug-likeness (QED) is 0.562. The van der Waals surface area contributed by atoms with Gasteiger partial charge in [-0.1, -0.05) is 30.3 Å². The van der Waals surface area contributed by atoms with E-state index in [9.17, 15) is 4.79 Å². The van der Waals surface area contributed by atoms with Crippen LogP contribution in [-0.4, -0.2) is 6.29 Å². The van der Waals surface area contributed by atoms with E-state index in [1.54, 1.807) is 0 Å². The van der Waals surface area contributed by atoms with Crippen molar-refractivity contribution in [2.75, 3.05) is 0 Å². The average molecular weight is 133 g/mol. The summed E-state index contributed by atoms with van der Waals surface area (Å²) >= 11 is 0. The fourth-order valence-electron chi connectivity index (χ4n) is 0.779. The number of hydrogen-bond acceptors (Lipinski definition) is 1. The van der Waals surface area contributed by atoms with Crippen molar-refractivity contribution in [2.24, 2.45) is 0 Å². The van der Waals surface area contributed by atoms with Crippen LogP contribution >= 0.6 is 0 Å². The van der Waals surface area contributed by atoms with Crippen molar-refractivity contribution in [3.05, 3.63) is 42.8 Å². The Kier molecular flexibility index (Phi) is 2.21. The molecule has 1 rings (SSSR count). The van der Waals surface area contributed by atoms with Crippen LogP contribution in [0, 0.1) is 6.92 Å². The third kappa shape index (κ3) is 1.44. The number of benzene rings is 1. The Morgan fingerprint density at radius 1 is 1.30 bits per heavy atom. The van der Waals surface area contributed by atoms with E-state index in [4.69, 9.17) is 0 Å². The minimum absolute atomic E-state index is 0.221. The molecule has 1 atom stereocenters. The van der Waals surface area contributed by atoms with Crippen molar-refractivity contribution in [1.82, 2.24) is 0 Å². The highest BCUT2D eigenvalue weighted by molar-refractivity contribution is 5.62. The van der Waals surface area contributed by atoms with Crippen molar-refractivity contribution in [3.8, 4) is 0 Å². The summed E-state index contributed by atoms with van der Waals surface area (Å²) in [6.45, 7) is 3.66. The van der Waals surface area contributed by atoms with E-state index in [-0.39, 0.29) is 5.92 Å². The lowest BCUT2D eigenvalue weighted by Crippen LogP contribution is -1.92. The van der Waals surface area contributed by atoms with Gasteiger partial charge in [-0.3, -0.25) is 0 Å². The normalized spacial score (nSPS) is 12.5. The van der Waals surface area contributed by atoms with Gasteiger partial charge < -0.3 is 4.79 Å². The van der Waals surface area contributed by atoms with Crippen molar-refractivity contribution >= 4 is 6.29 Å². The molecule has 1 heteroatoms. The highest BCUT2D eigenvalue weighted by Crippen LogP contribution is 2.09. The third-order valence-corrected chi connectivity index (χ3v) is 1.39. The van der Waals surface area contributed by atoms with Crippen LogP contribution in [0.25, 0.3) is 0 Å². The van der Waals surface area contributed by atoms with Crippen LogP contribution in [0.2, 0.25) is 0 Å². The average Bonchev–Trinajstić information content (AvgIpc) is 2.05. The molecule has 1 unspecified atom stereocenters. The Bertz CT molecular complexity index is 203. The van der Waals surface area contributed by atoms with Gasteiger partial charge in [0, 0.05) is 5.92 Å². The molecule has 0 saturated heterocycles. The van der Waals surface area contributed by atoms with Crippen LogP contribution in [-0.2, 0) is 4.79 Å². The number of hydrogen-bond donors (Lipinski definition) is 0. The molecule has 0 N–H and O–H groups in total. The second-order valence-corrected chi connectivity index (χ2v) is 2.15. The van der Waals surface area contributed by atoms with Gasteiger partial charge in [0.1, 0.15) is 6.29 Å².